The Morgan fingerprint density at radius 1 is 0.957 bits per heavy atom. The lowest BCUT2D eigenvalue weighted by molar-refractivity contribution is -0.660. The van der Waals surface area contributed by atoms with E-state index in [1.54, 1.807) is 0 Å². The van der Waals surface area contributed by atoms with E-state index in [0.29, 0.717) is 0 Å². The van der Waals surface area contributed by atoms with Crippen molar-refractivity contribution in [2.75, 3.05) is 0 Å². The molecule has 0 amide bonds. The normalized spacial score (nSPS) is 12.2. The first-order chi connectivity index (χ1) is 11.0. The molecule has 114 valence electrons. The molecule has 0 saturated carbocycles. The summed E-state index contributed by atoms with van der Waals surface area (Å²) in [6.07, 6.45) is 7.15. The molecule has 2 heterocycles. The molecular formula is C21H21N2+. The Balaban J connectivity index is 1.97. The van der Waals surface area contributed by atoms with Crippen molar-refractivity contribution >= 4 is 0 Å². The van der Waals surface area contributed by atoms with Gasteiger partial charge in [0.05, 0.1) is 0 Å². The van der Waals surface area contributed by atoms with Crippen LogP contribution in [0.5, 0.6) is 0 Å². The summed E-state index contributed by atoms with van der Waals surface area (Å²) >= 11 is 0. The van der Waals surface area contributed by atoms with Gasteiger partial charge in [-0.05, 0) is 60.7 Å². The molecule has 0 fully saturated rings. The second-order valence-electron chi connectivity index (χ2n) is 6.67. The van der Waals surface area contributed by atoms with Gasteiger partial charge >= 0.3 is 0 Å². The highest BCUT2D eigenvalue weighted by molar-refractivity contribution is 5.79. The Hall–Kier alpha value is -2.48. The molecule has 3 aromatic rings. The molecule has 23 heavy (non-hydrogen) atoms. The maximum Gasteiger partial charge on any atom is 0.213 e. The first kappa shape index (κ1) is 14.1. The zero-order chi connectivity index (χ0) is 16.1. The van der Waals surface area contributed by atoms with Gasteiger partial charge in [0.15, 0.2) is 6.20 Å². The summed E-state index contributed by atoms with van der Waals surface area (Å²) in [6.45, 7) is 6.58. The maximum atomic E-state index is 4.27. The SMILES string of the molecule is Cc1cc(C)c(C)c(-c2cc3c(c[n+]2C)Cc2cnccc2-3)c1. The molecule has 4 rings (SSSR count). The number of aromatic nitrogens is 2. The van der Waals surface area contributed by atoms with E-state index in [1.807, 2.05) is 12.4 Å². The molecule has 1 aliphatic carbocycles. The largest absolute Gasteiger partial charge is 0.264 e. The molecule has 0 spiro atoms. The van der Waals surface area contributed by atoms with Gasteiger partial charge in [-0.2, -0.15) is 0 Å². The smallest absolute Gasteiger partial charge is 0.213 e. The molecule has 2 aromatic heterocycles. The van der Waals surface area contributed by atoms with Crippen molar-refractivity contribution in [1.29, 1.82) is 0 Å². The van der Waals surface area contributed by atoms with Crippen molar-refractivity contribution in [3.05, 3.63) is 70.7 Å². The Labute approximate surface area is 137 Å². The number of nitrogens with zero attached hydrogens (tertiary/aromatic N) is 2. The zero-order valence-electron chi connectivity index (χ0n) is 14.1. The maximum absolute atomic E-state index is 4.27. The van der Waals surface area contributed by atoms with E-state index in [9.17, 15) is 0 Å². The molecule has 2 heteroatoms. The number of hydrogen-bond donors (Lipinski definition) is 0. The van der Waals surface area contributed by atoms with Gasteiger partial charge < -0.3 is 0 Å². The molecular weight excluding hydrogens is 280 g/mol. The third kappa shape index (κ3) is 2.17. The van der Waals surface area contributed by atoms with Crippen LogP contribution in [0.4, 0.5) is 0 Å². The van der Waals surface area contributed by atoms with Gasteiger partial charge in [0.1, 0.15) is 7.05 Å². The van der Waals surface area contributed by atoms with Gasteiger partial charge in [-0.15, -0.1) is 0 Å². The summed E-state index contributed by atoms with van der Waals surface area (Å²) in [4.78, 5) is 4.27. The van der Waals surface area contributed by atoms with Crippen molar-refractivity contribution in [3.8, 4) is 22.4 Å². The second kappa shape index (κ2) is 5.02. The fraction of sp³-hybridized carbons (Fsp3) is 0.238. The Bertz CT molecular complexity index is 939. The van der Waals surface area contributed by atoms with Crippen LogP contribution in [0.2, 0.25) is 0 Å². The summed E-state index contributed by atoms with van der Waals surface area (Å²) in [7, 11) is 2.15. The van der Waals surface area contributed by atoms with Crippen LogP contribution in [0, 0.1) is 20.8 Å². The molecule has 0 radical (unpaired) electrons. The highest BCUT2D eigenvalue weighted by Gasteiger charge is 2.25. The molecule has 0 bridgehead atoms. The van der Waals surface area contributed by atoms with Gasteiger partial charge in [-0.3, -0.25) is 4.98 Å². The van der Waals surface area contributed by atoms with Gasteiger partial charge in [-0.25, -0.2) is 4.57 Å². The fourth-order valence-corrected chi connectivity index (χ4v) is 3.71. The minimum atomic E-state index is 0.985. The molecule has 0 aliphatic heterocycles. The number of benzene rings is 1. The van der Waals surface area contributed by atoms with E-state index in [-0.39, 0.29) is 0 Å². The van der Waals surface area contributed by atoms with Crippen molar-refractivity contribution < 1.29 is 4.57 Å². The standard InChI is InChI=1S/C21H21N2/c1-13-7-14(2)15(3)19(8-13)21-10-20-17(12-23(21)4)9-16-11-22-6-5-18(16)20/h5-8,10-12H,9H2,1-4H3/q+1. The van der Waals surface area contributed by atoms with Crippen LogP contribution in [0.25, 0.3) is 22.4 Å². The Kier molecular flexibility index (Phi) is 3.08. The number of rotatable bonds is 1. The van der Waals surface area contributed by atoms with Crippen LogP contribution >= 0.6 is 0 Å². The summed E-state index contributed by atoms with van der Waals surface area (Å²) in [5.74, 6) is 0. The van der Waals surface area contributed by atoms with Crippen LogP contribution in [0.1, 0.15) is 27.8 Å². The summed E-state index contributed by atoms with van der Waals surface area (Å²) in [5.41, 5.74) is 12.0. The van der Waals surface area contributed by atoms with Gasteiger partial charge in [-0.1, -0.05) is 11.6 Å². The van der Waals surface area contributed by atoms with Crippen molar-refractivity contribution in [2.24, 2.45) is 7.05 Å². The molecule has 2 nitrogen and oxygen atoms in total. The lowest BCUT2D eigenvalue weighted by Crippen LogP contribution is -2.31. The number of fused-ring (bicyclic) bond motifs is 3. The van der Waals surface area contributed by atoms with Crippen LogP contribution in [0.15, 0.2) is 42.9 Å². The minimum Gasteiger partial charge on any atom is -0.264 e. The van der Waals surface area contributed by atoms with E-state index < -0.39 is 0 Å². The van der Waals surface area contributed by atoms with E-state index >= 15 is 0 Å². The van der Waals surface area contributed by atoms with Gasteiger partial charge in [0.2, 0.25) is 5.69 Å². The molecule has 0 saturated heterocycles. The molecule has 0 unspecified atom stereocenters. The van der Waals surface area contributed by atoms with E-state index in [0.717, 1.165) is 6.42 Å². The minimum absolute atomic E-state index is 0.985. The third-order valence-electron chi connectivity index (χ3n) is 5.02. The van der Waals surface area contributed by atoms with Crippen LogP contribution in [0.3, 0.4) is 0 Å². The molecule has 0 N–H and O–H groups in total. The van der Waals surface area contributed by atoms with Crippen molar-refractivity contribution in [2.45, 2.75) is 27.2 Å². The molecule has 1 aromatic carbocycles. The molecule has 0 atom stereocenters. The average molecular weight is 301 g/mol. The third-order valence-corrected chi connectivity index (χ3v) is 5.02. The van der Waals surface area contributed by atoms with E-state index in [4.69, 9.17) is 0 Å². The summed E-state index contributed by atoms with van der Waals surface area (Å²) in [5, 5.41) is 0. The Morgan fingerprint density at radius 3 is 2.61 bits per heavy atom. The molecule has 1 aliphatic rings. The predicted molar refractivity (Wildman–Crippen MR) is 93.3 cm³/mol. The zero-order valence-corrected chi connectivity index (χ0v) is 14.1. The summed E-state index contributed by atoms with van der Waals surface area (Å²) in [6, 6.07) is 9.04. The number of pyridine rings is 2. The first-order valence-corrected chi connectivity index (χ1v) is 8.08. The van der Waals surface area contributed by atoms with Crippen LogP contribution < -0.4 is 4.57 Å². The number of aryl methyl sites for hydroxylation is 3. The van der Waals surface area contributed by atoms with E-state index in [1.165, 1.54) is 50.2 Å². The van der Waals surface area contributed by atoms with Gasteiger partial charge in [0, 0.05) is 36.0 Å². The monoisotopic (exact) mass is 301 g/mol. The van der Waals surface area contributed by atoms with Crippen LogP contribution in [-0.4, -0.2) is 4.98 Å². The fourth-order valence-electron chi connectivity index (χ4n) is 3.71. The topological polar surface area (TPSA) is 16.8 Å². The lowest BCUT2D eigenvalue weighted by Gasteiger charge is -2.10. The highest BCUT2D eigenvalue weighted by Crippen LogP contribution is 2.37. The number of hydrogen-bond acceptors (Lipinski definition) is 1. The second-order valence-corrected chi connectivity index (χ2v) is 6.67. The average Bonchev–Trinajstić information content (AvgIpc) is 2.87. The quantitative estimate of drug-likeness (QED) is 0.484. The lowest BCUT2D eigenvalue weighted by atomic mass is 9.95. The van der Waals surface area contributed by atoms with Crippen LogP contribution in [-0.2, 0) is 13.5 Å². The first-order valence-electron chi connectivity index (χ1n) is 8.08. The van der Waals surface area contributed by atoms with Crippen molar-refractivity contribution in [3.63, 3.8) is 0 Å². The van der Waals surface area contributed by atoms with Crippen molar-refractivity contribution in [1.82, 2.24) is 4.98 Å². The Morgan fingerprint density at radius 2 is 1.78 bits per heavy atom. The van der Waals surface area contributed by atoms with Gasteiger partial charge in [0.25, 0.3) is 0 Å². The predicted octanol–water partition coefficient (Wildman–Crippen LogP) is 4.07. The van der Waals surface area contributed by atoms with E-state index in [2.05, 4.69) is 67.8 Å². The highest BCUT2D eigenvalue weighted by atomic mass is 14.9. The summed E-state index contributed by atoms with van der Waals surface area (Å²) < 4.78 is 2.26.